The van der Waals surface area contributed by atoms with Crippen molar-refractivity contribution in [3.63, 3.8) is 0 Å². The fraction of sp³-hybridized carbons (Fsp3) is 0.192. The molecule has 2 N–H and O–H groups in total. The Hall–Kier alpha value is -4.27. The number of para-hydroxylation sites is 2. The third-order valence-corrected chi connectivity index (χ3v) is 5.03. The number of carbonyl (C=O) groups excluding carboxylic acids is 3. The summed E-state index contributed by atoms with van der Waals surface area (Å²) in [6.45, 7) is 1.55. The van der Waals surface area contributed by atoms with Crippen LogP contribution in [0.5, 0.6) is 5.75 Å². The van der Waals surface area contributed by atoms with E-state index in [1.54, 1.807) is 37.3 Å². The highest BCUT2D eigenvalue weighted by molar-refractivity contribution is 5.99. The second-order valence-electron chi connectivity index (χ2n) is 7.54. The van der Waals surface area contributed by atoms with Crippen LogP contribution in [0.25, 0.3) is 0 Å². The van der Waals surface area contributed by atoms with E-state index >= 15 is 0 Å². The molecule has 0 unspecified atom stereocenters. The fourth-order valence-electron chi connectivity index (χ4n) is 3.19. The molecule has 35 heavy (non-hydrogen) atoms. The van der Waals surface area contributed by atoms with Crippen molar-refractivity contribution in [1.82, 2.24) is 10.2 Å². The van der Waals surface area contributed by atoms with Gasteiger partial charge in [-0.25, -0.2) is 8.78 Å². The number of rotatable bonds is 10. The zero-order valence-corrected chi connectivity index (χ0v) is 19.1. The van der Waals surface area contributed by atoms with Crippen LogP contribution >= 0.6 is 0 Å². The van der Waals surface area contributed by atoms with Crippen LogP contribution in [0.2, 0.25) is 0 Å². The molecule has 0 atom stereocenters. The molecule has 0 radical (unpaired) electrons. The predicted molar refractivity (Wildman–Crippen MR) is 127 cm³/mol. The summed E-state index contributed by atoms with van der Waals surface area (Å²) < 4.78 is 32.3. The van der Waals surface area contributed by atoms with Gasteiger partial charge in [0.2, 0.25) is 5.91 Å². The van der Waals surface area contributed by atoms with E-state index in [1.165, 1.54) is 47.4 Å². The Balaban J connectivity index is 1.59. The molecule has 0 saturated carbocycles. The summed E-state index contributed by atoms with van der Waals surface area (Å²) in [4.78, 5) is 39.0. The average molecular weight is 481 g/mol. The molecule has 0 aromatic heterocycles. The quantitative estimate of drug-likeness (QED) is 0.462. The summed E-state index contributed by atoms with van der Waals surface area (Å²) >= 11 is 0. The Morgan fingerprint density at radius 1 is 0.886 bits per heavy atom. The van der Waals surface area contributed by atoms with Gasteiger partial charge in [0.05, 0.1) is 17.8 Å². The van der Waals surface area contributed by atoms with Crippen molar-refractivity contribution in [2.45, 2.75) is 13.5 Å². The van der Waals surface area contributed by atoms with Crippen molar-refractivity contribution in [3.8, 4) is 5.75 Å². The summed E-state index contributed by atoms with van der Waals surface area (Å²) in [7, 11) is 0. The largest absolute Gasteiger partial charge is 0.483 e. The Morgan fingerprint density at radius 2 is 1.57 bits per heavy atom. The fourth-order valence-corrected chi connectivity index (χ4v) is 3.19. The third kappa shape index (κ3) is 7.36. The van der Waals surface area contributed by atoms with E-state index in [0.29, 0.717) is 0 Å². The minimum absolute atomic E-state index is 0.0225. The molecule has 0 bridgehead atoms. The van der Waals surface area contributed by atoms with Gasteiger partial charge < -0.3 is 20.3 Å². The molecule has 0 aliphatic carbocycles. The van der Waals surface area contributed by atoms with Gasteiger partial charge in [0.15, 0.2) is 6.61 Å². The number of amides is 3. The molecule has 3 aromatic rings. The molecule has 0 aliphatic rings. The van der Waals surface area contributed by atoms with Gasteiger partial charge in [0.1, 0.15) is 17.4 Å². The molecule has 3 aromatic carbocycles. The molecule has 0 fully saturated rings. The summed E-state index contributed by atoms with van der Waals surface area (Å²) in [5.74, 6) is -2.21. The normalized spacial score (nSPS) is 10.4. The summed E-state index contributed by atoms with van der Waals surface area (Å²) in [5.41, 5.74) is 0.926. The number of halogens is 2. The SMILES string of the molecule is CCN(CC(=O)NCc1ccc(F)cc1)C(=O)c1ccccc1OCC(=O)Nc1ccccc1F. The summed E-state index contributed by atoms with van der Waals surface area (Å²) in [6.07, 6.45) is 0. The topological polar surface area (TPSA) is 87.7 Å². The molecule has 182 valence electrons. The molecule has 3 rings (SSSR count). The van der Waals surface area contributed by atoms with Gasteiger partial charge in [-0.15, -0.1) is 0 Å². The van der Waals surface area contributed by atoms with Crippen LogP contribution in [0, 0.1) is 11.6 Å². The van der Waals surface area contributed by atoms with Gasteiger partial charge in [0.25, 0.3) is 11.8 Å². The second-order valence-corrected chi connectivity index (χ2v) is 7.54. The lowest BCUT2D eigenvalue weighted by Gasteiger charge is -2.22. The number of ether oxygens (including phenoxy) is 1. The lowest BCUT2D eigenvalue weighted by molar-refractivity contribution is -0.122. The van der Waals surface area contributed by atoms with Gasteiger partial charge in [-0.05, 0) is 48.9 Å². The number of nitrogens with one attached hydrogen (secondary N) is 2. The number of anilines is 1. The first kappa shape index (κ1) is 25.4. The highest BCUT2D eigenvalue weighted by Gasteiger charge is 2.21. The molecule has 7 nitrogen and oxygen atoms in total. The highest BCUT2D eigenvalue weighted by Crippen LogP contribution is 2.20. The van der Waals surface area contributed by atoms with Crippen LogP contribution in [0.15, 0.2) is 72.8 Å². The van der Waals surface area contributed by atoms with Crippen molar-refractivity contribution < 1.29 is 27.9 Å². The lowest BCUT2D eigenvalue weighted by Crippen LogP contribution is -2.40. The maximum absolute atomic E-state index is 13.7. The van der Waals surface area contributed by atoms with E-state index in [2.05, 4.69) is 10.6 Å². The van der Waals surface area contributed by atoms with Gasteiger partial charge in [0, 0.05) is 13.1 Å². The first-order chi connectivity index (χ1) is 16.9. The monoisotopic (exact) mass is 481 g/mol. The Kier molecular flexibility index (Phi) is 8.89. The Bertz CT molecular complexity index is 1190. The molecule has 0 aliphatic heterocycles. The molecule has 0 spiro atoms. The van der Waals surface area contributed by atoms with Crippen LogP contribution in [0.1, 0.15) is 22.8 Å². The number of hydrogen-bond donors (Lipinski definition) is 2. The van der Waals surface area contributed by atoms with Crippen molar-refractivity contribution in [1.29, 1.82) is 0 Å². The van der Waals surface area contributed by atoms with E-state index in [-0.39, 0.29) is 48.4 Å². The zero-order chi connectivity index (χ0) is 25.2. The summed E-state index contributed by atoms with van der Waals surface area (Å²) in [6, 6.07) is 17.8. The lowest BCUT2D eigenvalue weighted by atomic mass is 10.1. The maximum atomic E-state index is 13.7. The zero-order valence-electron chi connectivity index (χ0n) is 19.1. The van der Waals surface area contributed by atoms with Crippen LogP contribution in [0.3, 0.4) is 0 Å². The Labute approximate surface area is 201 Å². The van der Waals surface area contributed by atoms with Crippen LogP contribution in [-0.2, 0) is 16.1 Å². The van der Waals surface area contributed by atoms with Gasteiger partial charge in [-0.1, -0.05) is 36.4 Å². The van der Waals surface area contributed by atoms with Crippen molar-refractivity contribution in [3.05, 3.63) is 95.6 Å². The number of likely N-dealkylation sites (N-methyl/N-ethyl adjacent to an activating group) is 1. The second kappa shape index (κ2) is 12.3. The van der Waals surface area contributed by atoms with Crippen molar-refractivity contribution in [2.75, 3.05) is 25.0 Å². The first-order valence-electron chi connectivity index (χ1n) is 10.9. The Morgan fingerprint density at radius 3 is 2.29 bits per heavy atom. The molecule has 0 saturated heterocycles. The van der Waals surface area contributed by atoms with Gasteiger partial charge in [-0.2, -0.15) is 0 Å². The smallest absolute Gasteiger partial charge is 0.262 e. The van der Waals surface area contributed by atoms with E-state index < -0.39 is 24.2 Å². The standard InChI is InChI=1S/C26H25F2N3O4/c1-2-31(16-24(32)29-15-18-11-13-19(27)14-12-18)26(34)20-7-3-6-10-23(20)35-17-25(33)30-22-9-5-4-8-21(22)28/h3-14H,2,15-17H2,1H3,(H,29,32)(H,30,33). The van der Waals surface area contributed by atoms with Crippen molar-refractivity contribution >= 4 is 23.4 Å². The van der Waals surface area contributed by atoms with Crippen molar-refractivity contribution in [2.24, 2.45) is 0 Å². The van der Waals surface area contributed by atoms with E-state index in [4.69, 9.17) is 4.74 Å². The third-order valence-electron chi connectivity index (χ3n) is 5.03. The maximum Gasteiger partial charge on any atom is 0.262 e. The highest BCUT2D eigenvalue weighted by atomic mass is 19.1. The molecular formula is C26H25F2N3O4. The van der Waals surface area contributed by atoms with Crippen LogP contribution in [0.4, 0.5) is 14.5 Å². The minimum atomic E-state index is -0.593. The number of carbonyl (C=O) groups is 3. The number of benzene rings is 3. The summed E-state index contributed by atoms with van der Waals surface area (Å²) in [5, 5.41) is 5.11. The molecule has 0 heterocycles. The van der Waals surface area contributed by atoms with E-state index in [9.17, 15) is 23.2 Å². The van der Waals surface area contributed by atoms with Crippen LogP contribution < -0.4 is 15.4 Å². The van der Waals surface area contributed by atoms with Gasteiger partial charge in [-0.3, -0.25) is 14.4 Å². The first-order valence-corrected chi connectivity index (χ1v) is 10.9. The predicted octanol–water partition coefficient (Wildman–Crippen LogP) is 3.76. The molecular weight excluding hydrogens is 456 g/mol. The van der Waals surface area contributed by atoms with Crippen LogP contribution in [-0.4, -0.2) is 42.3 Å². The number of nitrogens with zero attached hydrogens (tertiary/aromatic N) is 1. The molecule has 9 heteroatoms. The minimum Gasteiger partial charge on any atom is -0.483 e. The van der Waals surface area contributed by atoms with E-state index in [1.807, 2.05) is 0 Å². The van der Waals surface area contributed by atoms with E-state index in [0.717, 1.165) is 5.56 Å². The van der Waals surface area contributed by atoms with Gasteiger partial charge >= 0.3 is 0 Å². The molecule has 3 amide bonds. The average Bonchev–Trinajstić information content (AvgIpc) is 2.87. The number of hydrogen-bond acceptors (Lipinski definition) is 4.